The first-order valence-electron chi connectivity index (χ1n) is 11.0. The van der Waals surface area contributed by atoms with Crippen LogP contribution < -0.4 is 10.1 Å². The molecule has 35 heavy (non-hydrogen) atoms. The number of rotatable bonds is 6. The van der Waals surface area contributed by atoms with Crippen molar-refractivity contribution in [3.8, 4) is 5.75 Å². The average Bonchev–Trinajstić information content (AvgIpc) is 3.11. The number of hydrogen-bond acceptors (Lipinski definition) is 3. The Hall–Kier alpha value is -3.61. The van der Waals surface area contributed by atoms with Crippen molar-refractivity contribution in [1.29, 1.82) is 0 Å². The van der Waals surface area contributed by atoms with E-state index in [0.717, 1.165) is 21.9 Å². The third kappa shape index (κ3) is 4.94. The Morgan fingerprint density at radius 2 is 1.69 bits per heavy atom. The zero-order chi connectivity index (χ0) is 24.4. The van der Waals surface area contributed by atoms with Gasteiger partial charge in [-0.3, -0.25) is 9.69 Å². The van der Waals surface area contributed by atoms with E-state index in [1.165, 1.54) is 4.90 Å². The first kappa shape index (κ1) is 23.1. The third-order valence-electron chi connectivity index (χ3n) is 5.73. The first-order valence-corrected chi connectivity index (χ1v) is 12.1. The summed E-state index contributed by atoms with van der Waals surface area (Å²) in [4.78, 5) is 26.4. The number of fused-ring (bicyclic) bond motifs is 1. The predicted molar refractivity (Wildman–Crippen MR) is 141 cm³/mol. The summed E-state index contributed by atoms with van der Waals surface area (Å²) in [5.74, 6) is 0.122. The molecule has 1 aliphatic rings. The van der Waals surface area contributed by atoms with Crippen molar-refractivity contribution < 1.29 is 14.3 Å². The predicted octanol–water partition coefficient (Wildman–Crippen LogP) is 6.93. The number of benzene rings is 4. The fraction of sp³-hybridized carbons (Fsp3) is 0.0714. The number of hydrogen-bond donors (Lipinski definition) is 1. The zero-order valence-corrected chi connectivity index (χ0v) is 20.8. The van der Waals surface area contributed by atoms with Crippen LogP contribution in [0.1, 0.15) is 16.7 Å². The van der Waals surface area contributed by atoms with Gasteiger partial charge in [0.25, 0.3) is 5.91 Å². The lowest BCUT2D eigenvalue weighted by atomic mass is 10.1. The van der Waals surface area contributed by atoms with Gasteiger partial charge in [-0.2, -0.15) is 0 Å². The minimum atomic E-state index is -0.453. The van der Waals surface area contributed by atoms with Crippen LogP contribution in [-0.4, -0.2) is 16.8 Å². The van der Waals surface area contributed by atoms with Crippen LogP contribution >= 0.6 is 27.5 Å². The third-order valence-corrected chi connectivity index (χ3v) is 6.60. The maximum absolute atomic E-state index is 12.8. The van der Waals surface area contributed by atoms with Crippen LogP contribution in [0.15, 0.2) is 95.1 Å². The van der Waals surface area contributed by atoms with Crippen LogP contribution in [-0.2, 0) is 17.9 Å². The molecule has 1 saturated heterocycles. The highest BCUT2D eigenvalue weighted by Gasteiger charge is 2.33. The van der Waals surface area contributed by atoms with E-state index >= 15 is 0 Å². The van der Waals surface area contributed by atoms with Crippen LogP contribution in [0.2, 0.25) is 5.02 Å². The molecule has 174 valence electrons. The summed E-state index contributed by atoms with van der Waals surface area (Å²) >= 11 is 10.1. The summed E-state index contributed by atoms with van der Waals surface area (Å²) in [6.07, 6.45) is 1.61. The molecule has 5 rings (SSSR count). The maximum Gasteiger partial charge on any atom is 0.329 e. The van der Waals surface area contributed by atoms with Crippen molar-refractivity contribution in [1.82, 2.24) is 10.2 Å². The second-order valence-electron chi connectivity index (χ2n) is 8.11. The molecular formula is C28H20BrClN2O3. The van der Waals surface area contributed by atoms with E-state index in [-0.39, 0.29) is 18.1 Å². The minimum absolute atomic E-state index is 0.193. The lowest BCUT2D eigenvalue weighted by molar-refractivity contribution is -0.123. The molecule has 0 aliphatic carbocycles. The Labute approximate surface area is 216 Å². The average molecular weight is 548 g/mol. The lowest BCUT2D eigenvalue weighted by Crippen LogP contribution is -2.30. The Balaban J connectivity index is 1.34. The molecule has 4 aromatic carbocycles. The number of carbonyl (C=O) groups excluding carboxylic acids is 2. The highest BCUT2D eigenvalue weighted by Crippen LogP contribution is 2.36. The second kappa shape index (κ2) is 9.94. The number of halogens is 2. The number of urea groups is 1. The van der Waals surface area contributed by atoms with Crippen LogP contribution in [0.25, 0.3) is 16.8 Å². The summed E-state index contributed by atoms with van der Waals surface area (Å²) in [5, 5.41) is 5.31. The van der Waals surface area contributed by atoms with Crippen molar-refractivity contribution in [2.75, 3.05) is 0 Å². The van der Waals surface area contributed by atoms with E-state index in [4.69, 9.17) is 16.3 Å². The molecule has 1 aliphatic heterocycles. The molecule has 0 radical (unpaired) electrons. The van der Waals surface area contributed by atoms with Crippen LogP contribution in [0.3, 0.4) is 0 Å². The largest absolute Gasteiger partial charge is 0.486 e. The molecule has 0 aromatic heterocycles. The summed E-state index contributed by atoms with van der Waals surface area (Å²) in [6, 6.07) is 26.6. The highest BCUT2D eigenvalue weighted by molar-refractivity contribution is 9.10. The number of carbonyl (C=O) groups is 2. The smallest absolute Gasteiger partial charge is 0.329 e. The molecule has 1 heterocycles. The summed E-state index contributed by atoms with van der Waals surface area (Å²) in [7, 11) is 0. The Bertz CT molecular complexity index is 1440. The van der Waals surface area contributed by atoms with Gasteiger partial charge in [-0.05, 0) is 61.6 Å². The second-order valence-corrected chi connectivity index (χ2v) is 9.37. The molecule has 0 atom stereocenters. The van der Waals surface area contributed by atoms with Gasteiger partial charge in [-0.1, -0.05) is 84.4 Å². The van der Waals surface area contributed by atoms with Gasteiger partial charge in [-0.25, -0.2) is 4.79 Å². The van der Waals surface area contributed by atoms with Crippen molar-refractivity contribution in [2.24, 2.45) is 0 Å². The maximum atomic E-state index is 12.8. The SMILES string of the molecule is O=C1N/C(=C/c2cc(Cl)c(OCc3cccc4ccccc34)c(Br)c2)C(=O)N1Cc1ccccc1. The molecule has 5 nitrogen and oxygen atoms in total. The molecule has 0 unspecified atom stereocenters. The minimum Gasteiger partial charge on any atom is -0.486 e. The molecule has 7 heteroatoms. The summed E-state index contributed by atoms with van der Waals surface area (Å²) < 4.78 is 6.71. The van der Waals surface area contributed by atoms with E-state index in [1.807, 2.05) is 54.6 Å². The molecule has 0 spiro atoms. The van der Waals surface area contributed by atoms with Gasteiger partial charge in [-0.15, -0.1) is 0 Å². The summed E-state index contributed by atoms with van der Waals surface area (Å²) in [5.41, 5.74) is 2.77. The molecule has 1 fully saturated rings. The standard InChI is InChI=1S/C28H20BrClN2O3/c29-23-13-19(15-25-27(33)32(28(34)31-25)16-18-7-2-1-3-8-18)14-24(30)26(23)35-17-21-11-6-10-20-9-4-5-12-22(20)21/h1-15H,16-17H2,(H,31,34)/b25-15+. The fourth-order valence-electron chi connectivity index (χ4n) is 4.02. The lowest BCUT2D eigenvalue weighted by Gasteiger charge is -2.13. The Morgan fingerprint density at radius 3 is 2.49 bits per heavy atom. The fourth-order valence-corrected chi connectivity index (χ4v) is 5.01. The molecular weight excluding hydrogens is 528 g/mol. The quantitative estimate of drug-likeness (QED) is 0.210. The number of nitrogens with zero attached hydrogens (tertiary/aromatic N) is 1. The zero-order valence-electron chi connectivity index (χ0n) is 18.5. The Kier molecular flexibility index (Phi) is 6.57. The summed E-state index contributed by atoms with van der Waals surface area (Å²) in [6.45, 7) is 0.553. The van der Waals surface area contributed by atoms with Gasteiger partial charge in [0.1, 0.15) is 12.3 Å². The molecule has 0 bridgehead atoms. The van der Waals surface area contributed by atoms with Crippen molar-refractivity contribution in [2.45, 2.75) is 13.2 Å². The van der Waals surface area contributed by atoms with E-state index in [0.29, 0.717) is 27.4 Å². The van der Waals surface area contributed by atoms with E-state index < -0.39 is 6.03 Å². The number of amides is 3. The number of nitrogens with one attached hydrogen (secondary N) is 1. The first-order chi connectivity index (χ1) is 17.0. The molecule has 1 N–H and O–H groups in total. The van der Waals surface area contributed by atoms with Crippen LogP contribution in [0.4, 0.5) is 4.79 Å². The van der Waals surface area contributed by atoms with Gasteiger partial charge in [0.05, 0.1) is 16.0 Å². The number of imide groups is 1. The van der Waals surface area contributed by atoms with Crippen molar-refractivity contribution in [3.05, 3.63) is 117 Å². The van der Waals surface area contributed by atoms with E-state index in [1.54, 1.807) is 18.2 Å². The Morgan fingerprint density at radius 1 is 0.943 bits per heavy atom. The molecule has 0 saturated carbocycles. The highest BCUT2D eigenvalue weighted by atomic mass is 79.9. The van der Waals surface area contributed by atoms with E-state index in [2.05, 4.69) is 39.4 Å². The number of ether oxygens (including phenoxy) is 1. The van der Waals surface area contributed by atoms with Gasteiger partial charge < -0.3 is 10.1 Å². The topological polar surface area (TPSA) is 58.6 Å². The molecule has 4 aromatic rings. The van der Waals surface area contributed by atoms with Crippen molar-refractivity contribution in [3.63, 3.8) is 0 Å². The van der Waals surface area contributed by atoms with Gasteiger partial charge >= 0.3 is 6.03 Å². The van der Waals surface area contributed by atoms with Gasteiger partial charge in [0.2, 0.25) is 0 Å². The van der Waals surface area contributed by atoms with Crippen molar-refractivity contribution >= 4 is 56.3 Å². The monoisotopic (exact) mass is 546 g/mol. The van der Waals surface area contributed by atoms with E-state index in [9.17, 15) is 9.59 Å². The van der Waals surface area contributed by atoms with Crippen LogP contribution in [0.5, 0.6) is 5.75 Å². The van der Waals surface area contributed by atoms with Gasteiger partial charge in [0, 0.05) is 0 Å². The molecule has 3 amide bonds. The van der Waals surface area contributed by atoms with Crippen LogP contribution in [0, 0.1) is 0 Å². The normalized spacial score (nSPS) is 14.6. The van der Waals surface area contributed by atoms with Gasteiger partial charge in [0.15, 0.2) is 5.75 Å².